The first-order chi connectivity index (χ1) is 16.8. The minimum Gasteiger partial charge on any atom is -0.494 e. The molecule has 3 aromatic rings. The maximum atomic E-state index is 13.9. The van der Waals surface area contributed by atoms with Gasteiger partial charge in [-0.3, -0.25) is 0 Å². The quantitative estimate of drug-likeness (QED) is 0.445. The molecular formula is C26H25F2N3O3S. The third-order valence-electron chi connectivity index (χ3n) is 5.87. The molecule has 0 aliphatic carbocycles. The molecule has 1 unspecified atom stereocenters. The van der Waals surface area contributed by atoms with Crippen LogP contribution in [0.25, 0.3) is 11.1 Å². The van der Waals surface area contributed by atoms with E-state index in [0.717, 1.165) is 48.5 Å². The van der Waals surface area contributed by atoms with E-state index in [1.54, 1.807) is 12.1 Å². The van der Waals surface area contributed by atoms with Crippen LogP contribution in [-0.2, 0) is 10.0 Å². The molecule has 0 amide bonds. The van der Waals surface area contributed by atoms with E-state index in [1.807, 2.05) is 36.4 Å². The van der Waals surface area contributed by atoms with Gasteiger partial charge in [-0.15, -0.1) is 0 Å². The minimum absolute atomic E-state index is 0.333. The number of likely N-dealkylation sites (tertiary alicyclic amines) is 1. The Morgan fingerprint density at radius 2 is 1.71 bits per heavy atom. The van der Waals surface area contributed by atoms with E-state index in [-0.39, 0.29) is 6.04 Å². The van der Waals surface area contributed by atoms with Crippen LogP contribution in [0.1, 0.15) is 18.4 Å². The number of nitrogens with zero attached hydrogens (tertiary/aromatic N) is 2. The predicted octanol–water partition coefficient (Wildman–Crippen LogP) is 4.33. The van der Waals surface area contributed by atoms with E-state index in [9.17, 15) is 17.2 Å². The lowest BCUT2D eigenvalue weighted by Gasteiger charge is -2.17. The summed E-state index contributed by atoms with van der Waals surface area (Å²) < 4.78 is 60.2. The molecule has 0 saturated carbocycles. The highest BCUT2D eigenvalue weighted by molar-refractivity contribution is 7.89. The molecule has 1 aliphatic heterocycles. The highest BCUT2D eigenvalue weighted by Crippen LogP contribution is 2.23. The summed E-state index contributed by atoms with van der Waals surface area (Å²) in [5.74, 6) is -1.16. The number of hydrogen-bond donors (Lipinski definition) is 1. The van der Waals surface area contributed by atoms with E-state index < -0.39 is 26.6 Å². The summed E-state index contributed by atoms with van der Waals surface area (Å²) in [7, 11) is -4.06. The van der Waals surface area contributed by atoms with Crippen molar-refractivity contribution in [1.82, 2.24) is 9.62 Å². The average Bonchev–Trinajstić information content (AvgIpc) is 3.28. The molecule has 1 aliphatic rings. The Labute approximate surface area is 203 Å². The molecule has 1 fully saturated rings. The van der Waals surface area contributed by atoms with E-state index in [1.165, 1.54) is 0 Å². The number of nitriles is 1. The molecular weight excluding hydrogens is 472 g/mol. The van der Waals surface area contributed by atoms with Gasteiger partial charge in [0.2, 0.25) is 10.0 Å². The van der Waals surface area contributed by atoms with Crippen LogP contribution in [0, 0.1) is 23.0 Å². The van der Waals surface area contributed by atoms with Crippen LogP contribution in [0.2, 0.25) is 0 Å². The van der Waals surface area contributed by atoms with Crippen LogP contribution >= 0.6 is 0 Å². The largest absolute Gasteiger partial charge is 0.494 e. The van der Waals surface area contributed by atoms with Gasteiger partial charge in [-0.1, -0.05) is 24.3 Å². The van der Waals surface area contributed by atoms with Gasteiger partial charge in [0, 0.05) is 25.2 Å². The van der Waals surface area contributed by atoms with Crippen molar-refractivity contribution in [1.29, 1.82) is 5.26 Å². The van der Waals surface area contributed by atoms with E-state index in [0.29, 0.717) is 31.2 Å². The van der Waals surface area contributed by atoms with Gasteiger partial charge in [0.15, 0.2) is 0 Å². The summed E-state index contributed by atoms with van der Waals surface area (Å²) in [5.41, 5.74) is 2.68. The zero-order chi connectivity index (χ0) is 24.8. The van der Waals surface area contributed by atoms with Crippen LogP contribution in [0.4, 0.5) is 8.78 Å². The van der Waals surface area contributed by atoms with Crippen molar-refractivity contribution in [2.75, 3.05) is 26.2 Å². The molecule has 3 aromatic carbocycles. The number of hydrogen-bond acceptors (Lipinski definition) is 5. The molecule has 1 N–H and O–H groups in total. The molecule has 6 nitrogen and oxygen atoms in total. The summed E-state index contributed by atoms with van der Waals surface area (Å²) in [4.78, 5) is 1.59. The monoisotopic (exact) mass is 497 g/mol. The molecule has 35 heavy (non-hydrogen) atoms. The molecule has 9 heteroatoms. The summed E-state index contributed by atoms with van der Waals surface area (Å²) in [6.07, 6.45) is 1.38. The van der Waals surface area contributed by atoms with Gasteiger partial charge in [0.05, 0.1) is 18.2 Å². The Morgan fingerprint density at radius 1 is 1.03 bits per heavy atom. The zero-order valence-corrected chi connectivity index (χ0v) is 19.8. The van der Waals surface area contributed by atoms with Crippen molar-refractivity contribution in [2.45, 2.75) is 23.8 Å². The molecule has 4 rings (SSSR count). The lowest BCUT2D eigenvalue weighted by atomic mass is 10.0. The summed E-state index contributed by atoms with van der Waals surface area (Å²) >= 11 is 0. The SMILES string of the molecule is N#Cc1ccc(-c2ccc(OCCCN3CCC(NS(=O)(=O)c4ccc(F)cc4F)C3)cc2)cc1. The maximum absolute atomic E-state index is 13.9. The second kappa shape index (κ2) is 11.0. The molecule has 0 spiro atoms. The smallest absolute Gasteiger partial charge is 0.243 e. The lowest BCUT2D eigenvalue weighted by molar-refractivity contribution is 0.261. The average molecular weight is 498 g/mol. The topological polar surface area (TPSA) is 82.4 Å². The first-order valence-corrected chi connectivity index (χ1v) is 12.8. The number of rotatable bonds is 9. The third kappa shape index (κ3) is 6.42. The Hall–Kier alpha value is -3.32. The van der Waals surface area contributed by atoms with Gasteiger partial charge in [0.25, 0.3) is 0 Å². The van der Waals surface area contributed by atoms with Gasteiger partial charge in [-0.2, -0.15) is 5.26 Å². The van der Waals surface area contributed by atoms with E-state index >= 15 is 0 Å². The van der Waals surface area contributed by atoms with E-state index in [4.69, 9.17) is 10.00 Å². The van der Waals surface area contributed by atoms with Crippen molar-refractivity contribution in [3.05, 3.63) is 83.9 Å². The molecule has 0 aromatic heterocycles. The highest BCUT2D eigenvalue weighted by Gasteiger charge is 2.28. The van der Waals surface area contributed by atoms with Crippen LogP contribution in [0.3, 0.4) is 0 Å². The Balaban J connectivity index is 1.20. The van der Waals surface area contributed by atoms with E-state index in [2.05, 4.69) is 15.7 Å². The molecule has 0 bridgehead atoms. The van der Waals surface area contributed by atoms with Crippen molar-refractivity contribution in [3.8, 4) is 22.9 Å². The summed E-state index contributed by atoms with van der Waals surface area (Å²) in [5, 5.41) is 8.91. The fourth-order valence-corrected chi connectivity index (χ4v) is 5.39. The molecule has 0 radical (unpaired) electrons. The number of nitrogens with one attached hydrogen (secondary N) is 1. The number of benzene rings is 3. The molecule has 1 atom stereocenters. The molecule has 1 saturated heterocycles. The van der Waals surface area contributed by atoms with Gasteiger partial charge >= 0.3 is 0 Å². The van der Waals surface area contributed by atoms with Gasteiger partial charge in [0.1, 0.15) is 22.3 Å². The van der Waals surface area contributed by atoms with Crippen molar-refractivity contribution in [3.63, 3.8) is 0 Å². The fourth-order valence-electron chi connectivity index (χ4n) is 4.07. The van der Waals surface area contributed by atoms with Crippen LogP contribution in [0.15, 0.2) is 71.6 Å². The number of ether oxygens (including phenoxy) is 1. The van der Waals surface area contributed by atoms with Gasteiger partial charge < -0.3 is 9.64 Å². The van der Waals surface area contributed by atoms with Crippen LogP contribution in [0.5, 0.6) is 5.75 Å². The third-order valence-corrected chi connectivity index (χ3v) is 7.42. The van der Waals surface area contributed by atoms with Crippen molar-refractivity contribution >= 4 is 10.0 Å². The summed E-state index contributed by atoms with van der Waals surface area (Å²) in [6.45, 7) is 2.50. The minimum atomic E-state index is -4.06. The number of halogens is 2. The second-order valence-corrected chi connectivity index (χ2v) is 10.1. The number of sulfonamides is 1. The Bertz CT molecular complexity index is 1310. The Kier molecular flexibility index (Phi) is 7.76. The fraction of sp³-hybridized carbons (Fsp3) is 0.269. The first kappa shape index (κ1) is 24.8. The predicted molar refractivity (Wildman–Crippen MR) is 128 cm³/mol. The molecule has 182 valence electrons. The van der Waals surface area contributed by atoms with Crippen LogP contribution < -0.4 is 9.46 Å². The van der Waals surface area contributed by atoms with Crippen LogP contribution in [-0.4, -0.2) is 45.6 Å². The standard InChI is InChI=1S/C26H25F2N3O3S/c27-22-8-11-26(25(28)16-22)35(32,33)30-23-12-14-31(18-23)13-1-15-34-24-9-6-21(7-10-24)20-4-2-19(17-29)3-5-20/h2-11,16,23,30H,1,12-15,18H2. The van der Waals surface area contributed by atoms with Gasteiger partial charge in [-0.05, 0) is 66.9 Å². The van der Waals surface area contributed by atoms with Crippen molar-refractivity contribution in [2.24, 2.45) is 0 Å². The van der Waals surface area contributed by atoms with Crippen molar-refractivity contribution < 1.29 is 21.9 Å². The maximum Gasteiger partial charge on any atom is 0.243 e. The zero-order valence-electron chi connectivity index (χ0n) is 19.0. The Morgan fingerprint density at radius 3 is 2.37 bits per heavy atom. The highest BCUT2D eigenvalue weighted by atomic mass is 32.2. The van der Waals surface area contributed by atoms with Gasteiger partial charge in [-0.25, -0.2) is 21.9 Å². The second-order valence-electron chi connectivity index (χ2n) is 8.40. The molecule has 1 heterocycles. The summed E-state index contributed by atoms with van der Waals surface area (Å²) in [6, 6.07) is 19.4. The first-order valence-electron chi connectivity index (χ1n) is 11.3. The normalized spacial score (nSPS) is 16.2. The lowest BCUT2D eigenvalue weighted by Crippen LogP contribution is -2.37.